The van der Waals surface area contributed by atoms with Crippen molar-refractivity contribution >= 4 is 11.5 Å². The van der Waals surface area contributed by atoms with Crippen molar-refractivity contribution < 1.29 is 4.74 Å². The summed E-state index contributed by atoms with van der Waals surface area (Å²) in [6, 6.07) is 2.37. The first kappa shape index (κ1) is 10.2. The second-order valence-corrected chi connectivity index (χ2v) is 4.06. The first-order valence-electron chi connectivity index (χ1n) is 5.21. The average molecular weight is 207 g/mol. The lowest BCUT2D eigenvalue weighted by molar-refractivity contribution is 0.0328. The lowest BCUT2D eigenvalue weighted by Crippen LogP contribution is -2.40. The molecule has 0 aromatic carbocycles. The van der Waals surface area contributed by atoms with Crippen LogP contribution < -0.4 is 11.1 Å². The van der Waals surface area contributed by atoms with Crippen molar-refractivity contribution in [2.24, 2.45) is 0 Å². The smallest absolute Gasteiger partial charge is 0.149 e. The molecule has 15 heavy (non-hydrogen) atoms. The van der Waals surface area contributed by atoms with Crippen molar-refractivity contribution in [1.82, 2.24) is 4.98 Å². The summed E-state index contributed by atoms with van der Waals surface area (Å²) in [4.78, 5) is 4.23. The van der Waals surface area contributed by atoms with Gasteiger partial charge >= 0.3 is 0 Å². The summed E-state index contributed by atoms with van der Waals surface area (Å²) in [5, 5.41) is 3.34. The fourth-order valence-corrected chi connectivity index (χ4v) is 1.75. The topological polar surface area (TPSA) is 60.2 Å². The maximum Gasteiger partial charge on any atom is 0.149 e. The number of hydrogen-bond acceptors (Lipinski definition) is 4. The third-order valence-corrected chi connectivity index (χ3v) is 2.98. The summed E-state index contributed by atoms with van der Waals surface area (Å²) in [6.45, 7) is 1.99. The van der Waals surface area contributed by atoms with Crippen LogP contribution in [0.25, 0.3) is 0 Å². The van der Waals surface area contributed by atoms with E-state index in [-0.39, 0.29) is 0 Å². The van der Waals surface area contributed by atoms with Crippen LogP contribution in [0, 0.1) is 6.92 Å². The molecule has 1 heterocycles. The molecule has 0 unspecified atom stereocenters. The van der Waals surface area contributed by atoms with Crippen LogP contribution in [0.3, 0.4) is 0 Å². The molecule has 0 bridgehead atoms. The van der Waals surface area contributed by atoms with Gasteiger partial charge in [-0.2, -0.15) is 0 Å². The summed E-state index contributed by atoms with van der Waals surface area (Å²) in [7, 11) is 1.75. The van der Waals surface area contributed by atoms with Gasteiger partial charge in [-0.3, -0.25) is 0 Å². The van der Waals surface area contributed by atoms with Gasteiger partial charge in [0, 0.05) is 19.3 Å². The van der Waals surface area contributed by atoms with Crippen LogP contribution in [-0.2, 0) is 4.74 Å². The Kier molecular flexibility index (Phi) is 2.77. The predicted octanol–water partition coefficient (Wildman–Crippen LogP) is 1.56. The molecule has 0 amide bonds. The molecule has 82 valence electrons. The monoisotopic (exact) mass is 207 g/mol. The molecule has 0 radical (unpaired) electrons. The van der Waals surface area contributed by atoms with Crippen LogP contribution in [0.15, 0.2) is 12.3 Å². The van der Waals surface area contributed by atoms with Crippen molar-refractivity contribution in [3.05, 3.63) is 17.8 Å². The summed E-state index contributed by atoms with van der Waals surface area (Å²) >= 11 is 0. The Morgan fingerprint density at radius 1 is 1.53 bits per heavy atom. The van der Waals surface area contributed by atoms with E-state index in [1.807, 2.05) is 13.0 Å². The van der Waals surface area contributed by atoms with Gasteiger partial charge in [-0.05, 0) is 31.4 Å². The Morgan fingerprint density at radius 2 is 2.27 bits per heavy atom. The highest BCUT2D eigenvalue weighted by Crippen LogP contribution is 2.28. The van der Waals surface area contributed by atoms with E-state index in [0.717, 1.165) is 29.9 Å². The summed E-state index contributed by atoms with van der Waals surface area (Å²) in [5.74, 6) is 0.801. The number of nitrogens with one attached hydrogen (secondary N) is 1. The molecule has 4 heteroatoms. The van der Waals surface area contributed by atoms with E-state index in [9.17, 15) is 0 Å². The number of ether oxygens (including phenoxy) is 1. The first-order chi connectivity index (χ1) is 7.20. The molecule has 0 aliphatic heterocycles. The largest absolute Gasteiger partial charge is 0.396 e. The van der Waals surface area contributed by atoms with Crippen molar-refractivity contribution in [3.63, 3.8) is 0 Å². The van der Waals surface area contributed by atoms with Crippen LogP contribution in [-0.4, -0.2) is 24.2 Å². The number of anilines is 2. The fourth-order valence-electron chi connectivity index (χ4n) is 1.75. The summed E-state index contributed by atoms with van der Waals surface area (Å²) in [6.07, 6.45) is 4.24. The molecule has 2 rings (SSSR count). The van der Waals surface area contributed by atoms with Gasteiger partial charge in [0.05, 0.1) is 11.8 Å². The number of rotatable bonds is 3. The number of nitrogens with two attached hydrogens (primary N) is 1. The Hall–Kier alpha value is -1.29. The van der Waals surface area contributed by atoms with Gasteiger partial charge in [0.15, 0.2) is 0 Å². The van der Waals surface area contributed by atoms with E-state index < -0.39 is 0 Å². The first-order valence-corrected chi connectivity index (χ1v) is 5.21. The third kappa shape index (κ3) is 2.04. The van der Waals surface area contributed by atoms with Crippen molar-refractivity contribution in [1.29, 1.82) is 0 Å². The second-order valence-electron chi connectivity index (χ2n) is 4.06. The molecule has 1 aliphatic rings. The SMILES string of the molecule is COC1CC(Nc2nccc(C)c2N)C1. The highest BCUT2D eigenvalue weighted by atomic mass is 16.5. The molecular formula is C11H17N3O. The number of methoxy groups -OCH3 is 1. The van der Waals surface area contributed by atoms with E-state index >= 15 is 0 Å². The minimum atomic E-state index is 0.397. The number of nitrogen functional groups attached to an aromatic ring is 1. The quantitative estimate of drug-likeness (QED) is 0.789. The Labute approximate surface area is 89.8 Å². The van der Waals surface area contributed by atoms with E-state index in [4.69, 9.17) is 10.5 Å². The molecule has 1 aliphatic carbocycles. The Morgan fingerprint density at radius 3 is 2.93 bits per heavy atom. The number of hydrogen-bond donors (Lipinski definition) is 2. The second kappa shape index (κ2) is 4.06. The normalized spacial score (nSPS) is 24.7. The number of pyridine rings is 1. The van der Waals surface area contributed by atoms with Crippen LogP contribution >= 0.6 is 0 Å². The zero-order valence-electron chi connectivity index (χ0n) is 9.16. The number of aryl methyl sites for hydroxylation is 1. The average Bonchev–Trinajstić information content (AvgIpc) is 2.17. The van der Waals surface area contributed by atoms with E-state index in [1.54, 1.807) is 13.3 Å². The molecule has 1 fully saturated rings. The van der Waals surface area contributed by atoms with Gasteiger partial charge in [0.25, 0.3) is 0 Å². The molecule has 0 atom stereocenters. The van der Waals surface area contributed by atoms with Crippen LogP contribution in [0.5, 0.6) is 0 Å². The highest BCUT2D eigenvalue weighted by molar-refractivity contribution is 5.65. The highest BCUT2D eigenvalue weighted by Gasteiger charge is 2.29. The molecule has 4 nitrogen and oxygen atoms in total. The third-order valence-electron chi connectivity index (χ3n) is 2.98. The van der Waals surface area contributed by atoms with Crippen LogP contribution in [0.2, 0.25) is 0 Å². The van der Waals surface area contributed by atoms with Gasteiger partial charge in [0.2, 0.25) is 0 Å². The van der Waals surface area contributed by atoms with Crippen LogP contribution in [0.1, 0.15) is 18.4 Å². The maximum atomic E-state index is 5.92. The number of aromatic nitrogens is 1. The fraction of sp³-hybridized carbons (Fsp3) is 0.545. The van der Waals surface area contributed by atoms with E-state index in [2.05, 4.69) is 10.3 Å². The zero-order chi connectivity index (χ0) is 10.8. The minimum Gasteiger partial charge on any atom is -0.396 e. The molecular weight excluding hydrogens is 190 g/mol. The minimum absolute atomic E-state index is 0.397. The maximum absolute atomic E-state index is 5.92. The van der Waals surface area contributed by atoms with Gasteiger partial charge in [-0.1, -0.05) is 0 Å². The van der Waals surface area contributed by atoms with Gasteiger partial charge in [0.1, 0.15) is 5.82 Å². The Balaban J connectivity index is 1.97. The summed E-state index contributed by atoms with van der Waals surface area (Å²) < 4.78 is 5.22. The molecule has 0 saturated heterocycles. The van der Waals surface area contributed by atoms with Gasteiger partial charge in [-0.25, -0.2) is 4.98 Å². The molecule has 3 N–H and O–H groups in total. The lowest BCUT2D eigenvalue weighted by atomic mass is 9.89. The molecule has 0 spiro atoms. The standard InChI is InChI=1S/C11H17N3O/c1-7-3-4-13-11(10(7)12)14-8-5-9(6-8)15-2/h3-4,8-9H,5-6,12H2,1-2H3,(H,13,14). The van der Waals surface area contributed by atoms with E-state index in [0.29, 0.717) is 12.1 Å². The molecule has 1 aromatic heterocycles. The van der Waals surface area contributed by atoms with Crippen molar-refractivity contribution in [2.75, 3.05) is 18.2 Å². The zero-order valence-corrected chi connectivity index (χ0v) is 9.16. The van der Waals surface area contributed by atoms with Crippen LogP contribution in [0.4, 0.5) is 11.5 Å². The van der Waals surface area contributed by atoms with Crippen molar-refractivity contribution in [2.45, 2.75) is 31.9 Å². The molecule has 1 aromatic rings. The van der Waals surface area contributed by atoms with Gasteiger partial charge in [-0.15, -0.1) is 0 Å². The predicted molar refractivity (Wildman–Crippen MR) is 60.8 cm³/mol. The van der Waals surface area contributed by atoms with E-state index in [1.165, 1.54) is 0 Å². The van der Waals surface area contributed by atoms with Gasteiger partial charge < -0.3 is 15.8 Å². The summed E-state index contributed by atoms with van der Waals surface area (Å²) in [5.41, 5.74) is 7.73. The van der Waals surface area contributed by atoms with Crippen molar-refractivity contribution in [3.8, 4) is 0 Å². The lowest BCUT2D eigenvalue weighted by Gasteiger charge is -2.35. The Bertz CT molecular complexity index is 348. The molecule has 1 saturated carbocycles. The number of nitrogens with zero attached hydrogens (tertiary/aromatic N) is 1.